The Morgan fingerprint density at radius 1 is 0.600 bits per heavy atom. The van der Waals surface area contributed by atoms with E-state index in [4.69, 9.17) is 68.7 Å². The molecule has 5 aromatic carbocycles. The molecule has 8 N–H and O–H groups in total. The molecule has 0 spiro atoms. The lowest BCUT2D eigenvalue weighted by atomic mass is 10.1. The smallest absolute Gasteiger partial charge is 0.168 e. The zero-order valence-corrected chi connectivity index (χ0v) is 48.1. The molecule has 60 heavy (non-hydrogen) atoms. The number of thioether (sulfide) groups is 2. The van der Waals surface area contributed by atoms with Crippen LogP contribution in [0.3, 0.4) is 0 Å². The monoisotopic (exact) mass is 1400 g/mol. The molecule has 0 amide bonds. The van der Waals surface area contributed by atoms with Crippen molar-refractivity contribution in [2.24, 2.45) is 27.2 Å². The average Bonchev–Trinajstić information content (AvgIpc) is 3.18. The van der Waals surface area contributed by atoms with Gasteiger partial charge in [0.25, 0.3) is 0 Å². The molecule has 0 aliphatic heterocycles. The van der Waals surface area contributed by atoms with Gasteiger partial charge in [0.15, 0.2) is 15.4 Å². The SMILES string of the molecule is Br.Br.CCO.Clc1cc(CBr)c(CBr)cc1Cl.NC(=Nc1ccc(Br)cc1)SCc1cc(Cl)c(Cl)cc1CSC(N)=Nc1ccc(Br)cc1.NC(=S)Nc1ccc(Br)cc1. The van der Waals surface area contributed by atoms with Crippen molar-refractivity contribution in [3.63, 3.8) is 0 Å². The lowest BCUT2D eigenvalue weighted by Gasteiger charge is -2.11. The quantitative estimate of drug-likeness (QED) is 0.0426. The maximum atomic E-state index is 7.57. The van der Waals surface area contributed by atoms with Gasteiger partial charge in [-0.3, -0.25) is 0 Å². The van der Waals surface area contributed by atoms with Gasteiger partial charge in [0.05, 0.1) is 31.5 Å². The first-order chi connectivity index (χ1) is 27.6. The van der Waals surface area contributed by atoms with Crippen LogP contribution in [0.25, 0.3) is 0 Å². The number of aliphatic hydroxyl groups is 1. The molecule has 0 bridgehead atoms. The minimum atomic E-state index is 0. The molecule has 0 heterocycles. The van der Waals surface area contributed by atoms with Crippen LogP contribution in [-0.2, 0) is 22.2 Å². The molecule has 0 aliphatic carbocycles. The third kappa shape index (κ3) is 24.3. The number of nitrogens with two attached hydrogens (primary N) is 3. The number of hydrogen-bond donors (Lipinski definition) is 5. The van der Waals surface area contributed by atoms with Gasteiger partial charge in [-0.05, 0) is 138 Å². The van der Waals surface area contributed by atoms with Crippen molar-refractivity contribution in [1.29, 1.82) is 0 Å². The first-order valence-electron chi connectivity index (χ1n) is 16.5. The van der Waals surface area contributed by atoms with Crippen molar-refractivity contribution >= 4 is 228 Å². The van der Waals surface area contributed by atoms with Crippen molar-refractivity contribution in [1.82, 2.24) is 0 Å². The number of halogens is 11. The Hall–Kier alpha value is -0.0900. The summed E-state index contributed by atoms with van der Waals surface area (Å²) in [4.78, 5) is 8.88. The van der Waals surface area contributed by atoms with E-state index in [1.165, 1.54) is 34.7 Å². The van der Waals surface area contributed by atoms with Crippen molar-refractivity contribution < 1.29 is 5.11 Å². The van der Waals surface area contributed by atoms with Gasteiger partial charge < -0.3 is 27.6 Å². The number of nitrogens with one attached hydrogen (secondary N) is 1. The van der Waals surface area contributed by atoms with Crippen molar-refractivity contribution in [3.05, 3.63) is 153 Å². The molecule has 0 aliphatic rings. The zero-order valence-electron chi connectivity index (χ0n) is 31.3. The molecule has 0 saturated carbocycles. The van der Waals surface area contributed by atoms with Crippen LogP contribution < -0.4 is 22.5 Å². The standard InChI is InChI=1S/C22H18Br2Cl2N4S2.C8H6Br2Cl2.C7H7BrN2S.C2H6O.2BrH/c23-15-1-5-17(6-2-15)29-21(27)31-11-13-9-19(25)20(26)10-14(13)12-32-22(28)30-18-7-3-16(24)4-8-18;9-3-5-1-7(11)8(12)2-6(5)4-10;8-5-1-3-6(4-2-5)10-7(9)11;1-2-3;;/h1-10H,11-12H2,(H2,27,29)(H2,28,30);1-2H,3-4H2;1-4H,(H3,9,10,11);3H,2H2,1H3;2*1H. The van der Waals surface area contributed by atoms with Crippen LogP contribution >= 0.6 is 196 Å². The highest BCUT2D eigenvalue weighted by atomic mass is 79.9. The van der Waals surface area contributed by atoms with Crippen LogP contribution in [0.2, 0.25) is 20.1 Å². The molecule has 0 radical (unpaired) electrons. The maximum absolute atomic E-state index is 7.57. The number of hydrogen-bond acceptors (Lipinski definition) is 6. The molecular formula is C39H39Br7Cl4N6OS3. The predicted octanol–water partition coefficient (Wildman–Crippen LogP) is 16.3. The molecule has 0 unspecified atom stereocenters. The second kappa shape index (κ2) is 33.4. The number of aliphatic imine (C=N–C) groups is 2. The number of thiocarbonyl (C=S) groups is 1. The van der Waals surface area contributed by atoms with E-state index in [0.29, 0.717) is 41.9 Å². The van der Waals surface area contributed by atoms with Crippen molar-refractivity contribution in [2.45, 2.75) is 29.1 Å². The van der Waals surface area contributed by atoms with Gasteiger partial charge in [-0.1, -0.05) is 150 Å². The van der Waals surface area contributed by atoms with Crippen molar-refractivity contribution in [3.8, 4) is 0 Å². The number of anilines is 1. The summed E-state index contributed by atoms with van der Waals surface area (Å²) in [7, 11) is 0. The number of alkyl halides is 2. The van der Waals surface area contributed by atoms with Gasteiger partial charge in [0, 0.05) is 47.9 Å². The van der Waals surface area contributed by atoms with Gasteiger partial charge in [0.1, 0.15) is 0 Å². The highest BCUT2D eigenvalue weighted by molar-refractivity contribution is 9.11. The Bertz CT molecular complexity index is 2010. The van der Waals surface area contributed by atoms with Gasteiger partial charge in [-0.2, -0.15) is 0 Å². The Kier molecular flexibility index (Phi) is 33.3. The molecular weight excluding hydrogens is 1370 g/mol. The molecule has 0 atom stereocenters. The second-order valence-corrected chi connectivity index (χ2v) is 19.0. The number of rotatable bonds is 9. The summed E-state index contributed by atoms with van der Waals surface area (Å²) in [5, 5.41) is 15.4. The van der Waals surface area contributed by atoms with Crippen LogP contribution in [0.15, 0.2) is 120 Å². The zero-order chi connectivity index (χ0) is 43.2. The highest BCUT2D eigenvalue weighted by Crippen LogP contribution is 2.32. The van der Waals surface area contributed by atoms with Crippen molar-refractivity contribution in [2.75, 3.05) is 11.9 Å². The van der Waals surface area contributed by atoms with Crippen LogP contribution in [0, 0.1) is 0 Å². The van der Waals surface area contributed by atoms with E-state index < -0.39 is 0 Å². The number of aliphatic hydroxyl groups excluding tert-OH is 1. The Balaban J connectivity index is 0.00000102. The van der Waals surface area contributed by atoms with E-state index in [-0.39, 0.29) is 45.7 Å². The number of amidine groups is 2. The van der Waals surface area contributed by atoms with Gasteiger partial charge in [-0.25, -0.2) is 9.98 Å². The minimum absolute atomic E-state index is 0. The molecule has 21 heteroatoms. The van der Waals surface area contributed by atoms with Crippen LogP contribution in [0.5, 0.6) is 0 Å². The summed E-state index contributed by atoms with van der Waals surface area (Å²) in [5.74, 6) is 1.20. The van der Waals surface area contributed by atoms with Gasteiger partial charge >= 0.3 is 0 Å². The Morgan fingerprint density at radius 2 is 0.883 bits per heavy atom. The fraction of sp³-hybridized carbons (Fsp3) is 0.154. The second-order valence-electron chi connectivity index (χ2n) is 11.1. The Labute approximate surface area is 448 Å². The first-order valence-corrected chi connectivity index (χ1v) is 25.0. The normalized spacial score (nSPS) is 10.6. The van der Waals surface area contributed by atoms with E-state index >= 15 is 0 Å². The Morgan fingerprint density at radius 3 is 1.17 bits per heavy atom. The lowest BCUT2D eigenvalue weighted by molar-refractivity contribution is 0.318. The van der Waals surface area contributed by atoms with E-state index in [9.17, 15) is 0 Å². The minimum Gasteiger partial charge on any atom is -0.397 e. The van der Waals surface area contributed by atoms with Crippen LogP contribution in [0.1, 0.15) is 29.2 Å². The van der Waals surface area contributed by atoms with E-state index in [0.717, 1.165) is 52.3 Å². The van der Waals surface area contributed by atoms with E-state index in [1.54, 1.807) is 6.92 Å². The van der Waals surface area contributed by atoms with E-state index in [1.807, 2.05) is 97.1 Å². The molecule has 326 valence electrons. The predicted molar refractivity (Wildman–Crippen MR) is 300 cm³/mol. The fourth-order valence-corrected chi connectivity index (χ4v) is 8.29. The molecule has 0 saturated heterocycles. The number of nitrogens with zero attached hydrogens (tertiary/aromatic N) is 2. The molecule has 5 aromatic rings. The van der Waals surface area contributed by atoms with Crippen LogP contribution in [0.4, 0.5) is 17.1 Å². The molecule has 0 fully saturated rings. The van der Waals surface area contributed by atoms with Crippen LogP contribution in [-0.4, -0.2) is 27.2 Å². The fourth-order valence-electron chi connectivity index (χ4n) is 4.11. The van der Waals surface area contributed by atoms with E-state index in [2.05, 4.69) is 107 Å². The summed E-state index contributed by atoms with van der Waals surface area (Å²) in [6.45, 7) is 1.93. The summed E-state index contributed by atoms with van der Waals surface area (Å²) in [6.07, 6.45) is 0. The summed E-state index contributed by atoms with van der Waals surface area (Å²) >= 11 is 48.7. The highest BCUT2D eigenvalue weighted by Gasteiger charge is 2.11. The lowest BCUT2D eigenvalue weighted by Crippen LogP contribution is -2.18. The molecule has 5 rings (SSSR count). The number of benzene rings is 5. The third-order valence-electron chi connectivity index (χ3n) is 6.77. The first kappa shape index (κ1) is 59.9. The van der Waals surface area contributed by atoms with Gasteiger partial charge in [0.2, 0.25) is 0 Å². The molecule has 7 nitrogen and oxygen atoms in total. The van der Waals surface area contributed by atoms with Gasteiger partial charge in [-0.15, -0.1) is 34.0 Å². The third-order valence-corrected chi connectivity index (χ3v) is 12.8. The topological polar surface area (TPSA) is 135 Å². The maximum Gasteiger partial charge on any atom is 0.168 e. The summed E-state index contributed by atoms with van der Waals surface area (Å²) in [6, 6.07) is 30.4. The summed E-state index contributed by atoms with van der Waals surface area (Å²) in [5.41, 5.74) is 24.4. The average molecular weight is 1410 g/mol. The molecule has 0 aromatic heterocycles. The summed E-state index contributed by atoms with van der Waals surface area (Å²) < 4.78 is 3.01. The largest absolute Gasteiger partial charge is 0.397 e.